The number of carbonyl (C=O) groups is 2. The minimum absolute atomic E-state index is 0.00886. The summed E-state index contributed by atoms with van der Waals surface area (Å²) >= 11 is 0. The summed E-state index contributed by atoms with van der Waals surface area (Å²) in [5, 5.41) is 54.3. The second-order valence-electron chi connectivity index (χ2n) is 23.5. The number of esters is 1. The molecule has 1 aliphatic heterocycles. The molecule has 1 fully saturated rings. The molecule has 0 aromatic carbocycles. The first-order chi connectivity index (χ1) is 39.2. The highest BCUT2D eigenvalue weighted by atomic mass is 16.7. The Hall–Kier alpha value is -2.38. The standard InChI is InChI=1S/C69H127NO10/c1-3-5-7-9-11-13-36-41-45-49-53-57-65(74)78-58-54-50-46-42-38-35-33-31-29-27-25-23-21-19-17-15-16-18-20-22-24-26-28-30-32-34-37-40-44-48-52-56-64(73)70-61(60-79-69-68(77)67(76)66(75)63(59-71)80-69)62(72)55-51-47-43-39-14-12-10-8-6-4-2/h6,8,14,17,19,39,51,55,61-63,66-69,71-72,75-77H,3-5,7,9-13,15-16,18,20-38,40-50,52-54,56-60H2,1-2H3,(H,70,73)/b8-6+,19-17-,39-14+,55-51+. The van der Waals surface area contributed by atoms with Crippen molar-refractivity contribution in [2.24, 2.45) is 0 Å². The largest absolute Gasteiger partial charge is 0.466 e. The molecule has 7 atom stereocenters. The highest BCUT2D eigenvalue weighted by molar-refractivity contribution is 5.76. The first-order valence-corrected chi connectivity index (χ1v) is 33.9. The van der Waals surface area contributed by atoms with E-state index in [0.29, 0.717) is 19.4 Å². The Kier molecular flexibility index (Phi) is 55.2. The van der Waals surface area contributed by atoms with Gasteiger partial charge < -0.3 is 45.1 Å². The van der Waals surface area contributed by atoms with Crippen molar-refractivity contribution in [3.8, 4) is 0 Å². The van der Waals surface area contributed by atoms with Crippen molar-refractivity contribution in [3.05, 3.63) is 48.6 Å². The van der Waals surface area contributed by atoms with Crippen molar-refractivity contribution in [1.82, 2.24) is 5.32 Å². The molecule has 0 aromatic rings. The normalized spacial score (nSPS) is 18.6. The van der Waals surface area contributed by atoms with E-state index in [4.69, 9.17) is 14.2 Å². The van der Waals surface area contributed by atoms with E-state index in [-0.39, 0.29) is 18.5 Å². The molecule has 11 nitrogen and oxygen atoms in total. The molecule has 1 heterocycles. The third-order valence-corrected chi connectivity index (χ3v) is 15.9. The van der Waals surface area contributed by atoms with Crippen molar-refractivity contribution < 1.29 is 49.3 Å². The van der Waals surface area contributed by atoms with Crippen LogP contribution in [0.5, 0.6) is 0 Å². The molecule has 0 aromatic heterocycles. The van der Waals surface area contributed by atoms with Crippen LogP contribution >= 0.6 is 0 Å². The van der Waals surface area contributed by atoms with E-state index in [9.17, 15) is 35.1 Å². The van der Waals surface area contributed by atoms with E-state index in [1.807, 2.05) is 6.08 Å². The first kappa shape index (κ1) is 75.6. The Labute approximate surface area is 491 Å². The second-order valence-corrected chi connectivity index (χ2v) is 23.5. The summed E-state index contributed by atoms with van der Waals surface area (Å²) in [6.07, 6.45) is 65.5. The Balaban J connectivity index is 1.95. The molecule has 1 aliphatic rings. The maximum Gasteiger partial charge on any atom is 0.305 e. The van der Waals surface area contributed by atoms with Crippen LogP contribution in [-0.2, 0) is 23.8 Å². The lowest BCUT2D eigenvalue weighted by Gasteiger charge is -2.40. The molecule has 0 saturated carbocycles. The van der Waals surface area contributed by atoms with Gasteiger partial charge in [0.25, 0.3) is 0 Å². The molecule has 1 saturated heterocycles. The lowest BCUT2D eigenvalue weighted by Crippen LogP contribution is -2.60. The minimum atomic E-state index is -1.58. The van der Waals surface area contributed by atoms with E-state index in [0.717, 1.165) is 64.2 Å². The SMILES string of the molecule is CC/C=C/CC/C=C/CC/C=C/C(O)C(COC1OC(CO)C(O)C(O)C1O)NC(=O)CCCCCCCCCCCCCCCCC/C=C\CCCCCCCCCCCCCCOC(=O)CCCCCCCCCCCCC. The number of carbonyl (C=O) groups excluding carboxylic acids is 2. The molecule has 0 radical (unpaired) electrons. The Morgan fingerprint density at radius 3 is 1.30 bits per heavy atom. The molecule has 0 spiro atoms. The van der Waals surface area contributed by atoms with Gasteiger partial charge >= 0.3 is 5.97 Å². The summed E-state index contributed by atoms with van der Waals surface area (Å²) in [6, 6.07) is -0.832. The minimum Gasteiger partial charge on any atom is -0.466 e. The number of amides is 1. The van der Waals surface area contributed by atoms with Gasteiger partial charge in [-0.1, -0.05) is 274 Å². The summed E-state index contributed by atoms with van der Waals surface area (Å²) in [5.41, 5.74) is 0. The van der Waals surface area contributed by atoms with Crippen LogP contribution in [0.15, 0.2) is 48.6 Å². The number of hydrogen-bond acceptors (Lipinski definition) is 10. The van der Waals surface area contributed by atoms with Gasteiger partial charge in [0.2, 0.25) is 5.91 Å². The zero-order valence-electron chi connectivity index (χ0n) is 51.8. The van der Waals surface area contributed by atoms with Gasteiger partial charge in [0.05, 0.1) is 32.0 Å². The molecular weight excluding hydrogens is 1000 g/mol. The maximum absolute atomic E-state index is 13.0. The zero-order valence-corrected chi connectivity index (χ0v) is 51.8. The Morgan fingerprint density at radius 2 is 0.850 bits per heavy atom. The van der Waals surface area contributed by atoms with Crippen LogP contribution in [0.1, 0.15) is 316 Å². The summed E-state index contributed by atoms with van der Waals surface area (Å²) < 4.78 is 16.7. The summed E-state index contributed by atoms with van der Waals surface area (Å²) in [6.45, 7) is 4.22. The number of aliphatic hydroxyl groups excluding tert-OH is 5. The number of rotatable bonds is 59. The molecule has 6 N–H and O–H groups in total. The van der Waals surface area contributed by atoms with E-state index in [1.165, 1.54) is 225 Å². The molecule has 7 unspecified atom stereocenters. The van der Waals surface area contributed by atoms with Crippen LogP contribution in [0.25, 0.3) is 0 Å². The van der Waals surface area contributed by atoms with Crippen molar-refractivity contribution in [2.75, 3.05) is 19.8 Å². The number of allylic oxidation sites excluding steroid dienone is 7. The van der Waals surface area contributed by atoms with Gasteiger partial charge in [0.15, 0.2) is 6.29 Å². The van der Waals surface area contributed by atoms with Gasteiger partial charge in [-0.05, 0) is 77.0 Å². The van der Waals surface area contributed by atoms with E-state index in [2.05, 4.69) is 55.6 Å². The van der Waals surface area contributed by atoms with Crippen molar-refractivity contribution >= 4 is 11.9 Å². The number of nitrogens with one attached hydrogen (secondary N) is 1. The predicted octanol–water partition coefficient (Wildman–Crippen LogP) is 16.8. The van der Waals surface area contributed by atoms with Gasteiger partial charge in [0, 0.05) is 12.8 Å². The van der Waals surface area contributed by atoms with Crippen LogP contribution < -0.4 is 5.32 Å². The van der Waals surface area contributed by atoms with Crippen molar-refractivity contribution in [1.29, 1.82) is 0 Å². The van der Waals surface area contributed by atoms with Crippen LogP contribution in [0.3, 0.4) is 0 Å². The molecule has 1 amide bonds. The fourth-order valence-corrected chi connectivity index (χ4v) is 10.6. The summed E-state index contributed by atoms with van der Waals surface area (Å²) in [7, 11) is 0. The van der Waals surface area contributed by atoms with Gasteiger partial charge in [-0.3, -0.25) is 9.59 Å². The zero-order chi connectivity index (χ0) is 58.0. The van der Waals surface area contributed by atoms with Crippen LogP contribution in [-0.4, -0.2) is 100 Å². The van der Waals surface area contributed by atoms with Gasteiger partial charge in [0.1, 0.15) is 24.4 Å². The Bertz CT molecular complexity index is 1470. The number of aliphatic hydroxyl groups is 5. The summed E-state index contributed by atoms with van der Waals surface area (Å²) in [4.78, 5) is 25.0. The van der Waals surface area contributed by atoms with Crippen molar-refractivity contribution in [2.45, 2.75) is 358 Å². The highest BCUT2D eigenvalue weighted by Gasteiger charge is 2.44. The first-order valence-electron chi connectivity index (χ1n) is 33.9. The summed E-state index contributed by atoms with van der Waals surface area (Å²) in [5.74, 6) is -0.187. The molecular formula is C69H127NO10. The molecule has 468 valence electrons. The number of ether oxygens (including phenoxy) is 3. The monoisotopic (exact) mass is 1130 g/mol. The highest BCUT2D eigenvalue weighted by Crippen LogP contribution is 2.23. The quantitative estimate of drug-likeness (QED) is 0.0195. The van der Waals surface area contributed by atoms with Crippen LogP contribution in [0, 0.1) is 0 Å². The van der Waals surface area contributed by atoms with Gasteiger partial charge in [-0.25, -0.2) is 0 Å². The molecule has 0 aliphatic carbocycles. The lowest BCUT2D eigenvalue weighted by molar-refractivity contribution is -0.302. The Morgan fingerprint density at radius 1 is 0.463 bits per heavy atom. The molecule has 80 heavy (non-hydrogen) atoms. The molecule has 0 bridgehead atoms. The third kappa shape index (κ3) is 47.0. The van der Waals surface area contributed by atoms with E-state index < -0.39 is 49.5 Å². The van der Waals surface area contributed by atoms with Gasteiger partial charge in [-0.2, -0.15) is 0 Å². The smallest absolute Gasteiger partial charge is 0.305 e. The number of hydrogen-bond donors (Lipinski definition) is 6. The predicted molar refractivity (Wildman–Crippen MR) is 334 cm³/mol. The fraction of sp³-hybridized carbons (Fsp3) is 0.855. The van der Waals surface area contributed by atoms with Crippen molar-refractivity contribution in [3.63, 3.8) is 0 Å². The topological polar surface area (TPSA) is 175 Å². The maximum atomic E-state index is 13.0. The second kappa shape index (κ2) is 58.4. The average molecular weight is 1130 g/mol. The van der Waals surface area contributed by atoms with E-state index >= 15 is 0 Å². The average Bonchev–Trinajstić information content (AvgIpc) is 3.47. The van der Waals surface area contributed by atoms with Gasteiger partial charge in [-0.15, -0.1) is 0 Å². The van der Waals surface area contributed by atoms with Crippen LogP contribution in [0.2, 0.25) is 0 Å². The molecule has 11 heteroatoms. The third-order valence-electron chi connectivity index (χ3n) is 15.9. The molecule has 1 rings (SSSR count). The fourth-order valence-electron chi connectivity index (χ4n) is 10.6. The van der Waals surface area contributed by atoms with Crippen LogP contribution in [0.4, 0.5) is 0 Å². The lowest BCUT2D eigenvalue weighted by atomic mass is 9.99. The number of unbranched alkanes of at least 4 members (excludes halogenated alkanes) is 39. The van der Waals surface area contributed by atoms with E-state index in [1.54, 1.807) is 6.08 Å².